The molecule has 0 fully saturated rings. The number of carbonyl (C=O) groups is 4. The number of carboxylic acid groups (broad SMARTS) is 1. The fraction of sp³-hybridized carbons (Fsp3) is 0.444. The summed E-state index contributed by atoms with van der Waals surface area (Å²) in [5.41, 5.74) is 14.5. The molecule has 14 heteroatoms. The van der Waals surface area contributed by atoms with Gasteiger partial charge in [-0.15, -0.1) is 0 Å². The van der Waals surface area contributed by atoms with Crippen molar-refractivity contribution in [1.82, 2.24) is 21.3 Å². The van der Waals surface area contributed by atoms with E-state index in [-0.39, 0.29) is 18.7 Å². The predicted molar refractivity (Wildman–Crippen MR) is 150 cm³/mol. The Hall–Kier alpha value is -4.27. The highest BCUT2D eigenvalue weighted by Gasteiger charge is 2.30. The van der Waals surface area contributed by atoms with Crippen molar-refractivity contribution in [3.8, 4) is 0 Å². The van der Waals surface area contributed by atoms with Crippen LogP contribution in [-0.2, 0) is 25.6 Å². The summed E-state index contributed by atoms with van der Waals surface area (Å²) < 4.78 is 5.84. The largest absolute Gasteiger partial charge is 0.480 e. The third-order valence-electron chi connectivity index (χ3n) is 6.99. The van der Waals surface area contributed by atoms with Gasteiger partial charge in [0.2, 0.25) is 17.7 Å². The van der Waals surface area contributed by atoms with Gasteiger partial charge in [0.15, 0.2) is 0 Å². The topological polar surface area (TPSA) is 246 Å². The van der Waals surface area contributed by atoms with Crippen molar-refractivity contribution >= 4 is 40.5 Å². The number of furan rings is 1. The van der Waals surface area contributed by atoms with Crippen molar-refractivity contribution in [2.45, 2.75) is 63.8 Å². The zero-order valence-corrected chi connectivity index (χ0v) is 23.1. The number of aliphatic hydroxyl groups excluding tert-OH is 1. The molecule has 0 saturated heterocycles. The molecule has 0 aliphatic carbocycles. The summed E-state index contributed by atoms with van der Waals surface area (Å²) in [6, 6.07) is -0.0538. The van der Waals surface area contributed by atoms with Crippen molar-refractivity contribution in [2.75, 3.05) is 13.2 Å². The SMILES string of the molecule is Cc1cccc2oc(CC(NC(=O)C(C)NC(=O)C(CO)NC(=O)C(N)CC3=CCNC3C(=N)N)C(=O)O)c(C)c12. The van der Waals surface area contributed by atoms with E-state index in [0.717, 1.165) is 16.5 Å². The van der Waals surface area contributed by atoms with E-state index < -0.39 is 60.5 Å². The summed E-state index contributed by atoms with van der Waals surface area (Å²) in [6.07, 6.45) is 1.73. The van der Waals surface area contributed by atoms with Gasteiger partial charge in [-0.05, 0) is 50.0 Å². The molecule has 2 aromatic rings. The fourth-order valence-corrected chi connectivity index (χ4v) is 4.70. The third-order valence-corrected chi connectivity index (χ3v) is 6.99. The highest BCUT2D eigenvalue weighted by atomic mass is 16.4. The molecule has 5 unspecified atom stereocenters. The number of nitrogens with one attached hydrogen (secondary N) is 5. The lowest BCUT2D eigenvalue weighted by Crippen LogP contribution is -2.57. The molecule has 1 aromatic carbocycles. The highest BCUT2D eigenvalue weighted by Crippen LogP contribution is 2.28. The van der Waals surface area contributed by atoms with E-state index in [1.807, 2.05) is 26.0 Å². The summed E-state index contributed by atoms with van der Waals surface area (Å²) in [5, 5.41) is 38.0. The van der Waals surface area contributed by atoms with E-state index in [9.17, 15) is 29.4 Å². The summed E-state index contributed by atoms with van der Waals surface area (Å²) in [7, 11) is 0. The van der Waals surface area contributed by atoms with Crippen molar-refractivity contribution in [1.29, 1.82) is 5.41 Å². The molecule has 0 radical (unpaired) electrons. The molecule has 0 bridgehead atoms. The molecule has 222 valence electrons. The van der Waals surface area contributed by atoms with Gasteiger partial charge in [-0.1, -0.05) is 18.2 Å². The number of aliphatic carboxylic acids is 1. The lowest BCUT2D eigenvalue weighted by Gasteiger charge is -2.23. The fourth-order valence-electron chi connectivity index (χ4n) is 4.70. The van der Waals surface area contributed by atoms with Crippen LogP contribution >= 0.6 is 0 Å². The van der Waals surface area contributed by atoms with E-state index in [1.165, 1.54) is 6.92 Å². The number of hydrogen-bond acceptors (Lipinski definition) is 9. The van der Waals surface area contributed by atoms with E-state index in [4.69, 9.17) is 21.3 Å². The zero-order chi connectivity index (χ0) is 30.4. The molecule has 0 saturated carbocycles. The Morgan fingerprint density at radius 2 is 1.78 bits per heavy atom. The Kier molecular flexibility index (Phi) is 10.2. The number of carbonyl (C=O) groups excluding carboxylic acids is 3. The lowest BCUT2D eigenvalue weighted by atomic mass is 10.00. The maximum atomic E-state index is 12.8. The number of benzene rings is 1. The van der Waals surface area contributed by atoms with Crippen LogP contribution in [0.1, 0.15) is 30.2 Å². The van der Waals surface area contributed by atoms with Crippen molar-refractivity contribution in [3.05, 3.63) is 46.7 Å². The van der Waals surface area contributed by atoms with E-state index >= 15 is 0 Å². The van der Waals surface area contributed by atoms with Crippen LogP contribution in [0.25, 0.3) is 11.0 Å². The molecule has 3 rings (SSSR count). The van der Waals surface area contributed by atoms with E-state index in [2.05, 4.69) is 21.3 Å². The first kappa shape index (κ1) is 31.3. The van der Waals surface area contributed by atoms with Crippen LogP contribution in [0.5, 0.6) is 0 Å². The maximum absolute atomic E-state index is 12.8. The second-order valence-corrected chi connectivity index (χ2v) is 10.1. The number of hydrogen-bond donors (Lipinski definition) is 9. The second kappa shape index (κ2) is 13.4. The van der Waals surface area contributed by atoms with Gasteiger partial charge in [0, 0.05) is 18.4 Å². The molecule has 0 spiro atoms. The van der Waals surface area contributed by atoms with Crippen LogP contribution in [0.15, 0.2) is 34.3 Å². The minimum absolute atomic E-state index is 0.0719. The van der Waals surface area contributed by atoms with Crippen LogP contribution < -0.4 is 32.7 Å². The first-order valence-electron chi connectivity index (χ1n) is 13.1. The quantitative estimate of drug-likeness (QED) is 0.0780. The van der Waals surface area contributed by atoms with Gasteiger partial charge in [-0.3, -0.25) is 19.8 Å². The number of carboxylic acids is 1. The van der Waals surface area contributed by atoms with E-state index in [1.54, 1.807) is 12.1 Å². The molecule has 1 aromatic heterocycles. The molecular formula is C27H37N7O7. The van der Waals surface area contributed by atoms with Crippen molar-refractivity contribution < 1.29 is 33.8 Å². The van der Waals surface area contributed by atoms with Gasteiger partial charge >= 0.3 is 5.97 Å². The number of nitrogens with two attached hydrogens (primary N) is 2. The molecule has 1 aliphatic heterocycles. The molecule has 2 heterocycles. The number of aryl methyl sites for hydroxylation is 2. The Morgan fingerprint density at radius 1 is 1.10 bits per heavy atom. The first-order chi connectivity index (χ1) is 19.3. The summed E-state index contributed by atoms with van der Waals surface area (Å²) >= 11 is 0. The van der Waals surface area contributed by atoms with Gasteiger partial charge in [0.25, 0.3) is 0 Å². The van der Waals surface area contributed by atoms with Crippen LogP contribution in [0, 0.1) is 19.3 Å². The predicted octanol–water partition coefficient (Wildman–Crippen LogP) is -1.31. The summed E-state index contributed by atoms with van der Waals surface area (Å²) in [6.45, 7) is 4.76. The standard InChI is InChI=1S/C27H37N7O7/c1-12-5-4-6-19-21(12)13(2)20(41-19)10-17(27(39)40)33-24(36)14(3)32-26(38)18(11-35)34-25(37)16(28)9-15-7-8-31-22(15)23(29)30/h4-7,14,16-18,22,31,35H,8-11,28H2,1-3H3,(H3,29,30)(H,32,38)(H,33,36)(H,34,37)(H,39,40). The molecule has 11 N–H and O–H groups in total. The number of rotatable bonds is 13. The van der Waals surface area contributed by atoms with Gasteiger partial charge in [0.1, 0.15) is 35.3 Å². The second-order valence-electron chi connectivity index (χ2n) is 10.1. The molecule has 5 atom stereocenters. The average molecular weight is 572 g/mol. The Labute approximate surface area is 236 Å². The van der Waals surface area contributed by atoms with Crippen LogP contribution in [0.4, 0.5) is 0 Å². The smallest absolute Gasteiger partial charge is 0.326 e. The molecule has 41 heavy (non-hydrogen) atoms. The Bertz CT molecular complexity index is 1370. The third kappa shape index (κ3) is 7.48. The summed E-state index contributed by atoms with van der Waals surface area (Å²) in [5.74, 6) is -3.37. The van der Waals surface area contributed by atoms with Crippen molar-refractivity contribution in [2.24, 2.45) is 11.5 Å². The Balaban J connectivity index is 1.58. The minimum Gasteiger partial charge on any atom is -0.480 e. The van der Waals surface area contributed by atoms with Gasteiger partial charge < -0.3 is 47.4 Å². The number of aliphatic hydroxyl groups is 1. The normalized spacial score (nSPS) is 17.7. The zero-order valence-electron chi connectivity index (χ0n) is 23.1. The Morgan fingerprint density at radius 3 is 2.39 bits per heavy atom. The van der Waals surface area contributed by atoms with Crippen LogP contribution in [-0.4, -0.2) is 83.1 Å². The maximum Gasteiger partial charge on any atom is 0.326 e. The average Bonchev–Trinajstić information content (AvgIpc) is 3.51. The monoisotopic (exact) mass is 571 g/mol. The number of amidine groups is 1. The molecule has 14 nitrogen and oxygen atoms in total. The number of fused-ring (bicyclic) bond motifs is 1. The summed E-state index contributed by atoms with van der Waals surface area (Å²) in [4.78, 5) is 50.0. The first-order valence-corrected chi connectivity index (χ1v) is 13.1. The van der Waals surface area contributed by atoms with Crippen molar-refractivity contribution in [3.63, 3.8) is 0 Å². The van der Waals surface area contributed by atoms with E-state index in [0.29, 0.717) is 23.5 Å². The molecule has 1 aliphatic rings. The number of amides is 3. The highest BCUT2D eigenvalue weighted by molar-refractivity contribution is 5.94. The lowest BCUT2D eigenvalue weighted by molar-refractivity contribution is -0.142. The molecule has 3 amide bonds. The van der Waals surface area contributed by atoms with Crippen LogP contribution in [0.2, 0.25) is 0 Å². The molecular weight excluding hydrogens is 534 g/mol. The van der Waals surface area contributed by atoms with Gasteiger partial charge in [-0.2, -0.15) is 0 Å². The van der Waals surface area contributed by atoms with Gasteiger partial charge in [-0.25, -0.2) is 4.79 Å². The van der Waals surface area contributed by atoms with Crippen LogP contribution in [0.3, 0.4) is 0 Å². The minimum atomic E-state index is -1.42. The van der Waals surface area contributed by atoms with Gasteiger partial charge in [0.05, 0.1) is 18.7 Å².